The average Bonchev–Trinajstić information content (AvgIpc) is 2.34. The summed E-state index contributed by atoms with van der Waals surface area (Å²) in [4.78, 5) is 13.9. The summed E-state index contributed by atoms with van der Waals surface area (Å²) in [6, 6.07) is 5.23. The SMILES string of the molecule is COc1cc(OC)cc(C(=O)CCN(C)C)c1. The predicted molar refractivity (Wildman–Crippen MR) is 67.0 cm³/mol. The normalized spacial score (nSPS) is 10.4. The first-order chi connectivity index (χ1) is 8.06. The molecule has 0 aliphatic carbocycles. The maximum atomic E-state index is 11.9. The smallest absolute Gasteiger partial charge is 0.164 e. The molecule has 17 heavy (non-hydrogen) atoms. The van der Waals surface area contributed by atoms with Gasteiger partial charge in [-0.3, -0.25) is 4.79 Å². The number of nitrogens with zero attached hydrogens (tertiary/aromatic N) is 1. The zero-order valence-electron chi connectivity index (χ0n) is 10.8. The quantitative estimate of drug-likeness (QED) is 0.708. The van der Waals surface area contributed by atoms with Crippen molar-refractivity contribution in [2.24, 2.45) is 0 Å². The van der Waals surface area contributed by atoms with Gasteiger partial charge in [-0.05, 0) is 26.2 Å². The van der Waals surface area contributed by atoms with Crippen molar-refractivity contribution in [3.63, 3.8) is 0 Å². The first-order valence-electron chi connectivity index (χ1n) is 5.48. The molecule has 0 heterocycles. The summed E-state index contributed by atoms with van der Waals surface area (Å²) >= 11 is 0. The highest BCUT2D eigenvalue weighted by atomic mass is 16.5. The Morgan fingerprint density at radius 1 is 1.12 bits per heavy atom. The van der Waals surface area contributed by atoms with Gasteiger partial charge in [-0.15, -0.1) is 0 Å². The number of carbonyl (C=O) groups excluding carboxylic acids is 1. The molecule has 0 radical (unpaired) electrons. The highest BCUT2D eigenvalue weighted by Gasteiger charge is 2.10. The summed E-state index contributed by atoms with van der Waals surface area (Å²) in [6.45, 7) is 0.734. The number of hydrogen-bond acceptors (Lipinski definition) is 4. The highest BCUT2D eigenvalue weighted by Crippen LogP contribution is 2.23. The van der Waals surface area contributed by atoms with E-state index in [0.29, 0.717) is 23.5 Å². The third-order valence-corrected chi connectivity index (χ3v) is 2.46. The maximum absolute atomic E-state index is 11.9. The molecule has 0 saturated heterocycles. The molecular weight excluding hydrogens is 218 g/mol. The minimum Gasteiger partial charge on any atom is -0.497 e. The van der Waals surface area contributed by atoms with Crippen molar-refractivity contribution >= 4 is 5.78 Å². The van der Waals surface area contributed by atoms with E-state index in [1.54, 1.807) is 32.4 Å². The molecule has 0 bridgehead atoms. The zero-order valence-corrected chi connectivity index (χ0v) is 10.8. The molecule has 0 atom stereocenters. The van der Waals surface area contributed by atoms with E-state index in [0.717, 1.165) is 6.54 Å². The van der Waals surface area contributed by atoms with Crippen molar-refractivity contribution in [1.82, 2.24) is 4.90 Å². The fourth-order valence-corrected chi connectivity index (χ4v) is 1.44. The largest absolute Gasteiger partial charge is 0.497 e. The van der Waals surface area contributed by atoms with Crippen LogP contribution < -0.4 is 9.47 Å². The van der Waals surface area contributed by atoms with E-state index >= 15 is 0 Å². The number of methoxy groups -OCH3 is 2. The summed E-state index contributed by atoms with van der Waals surface area (Å²) in [5, 5.41) is 0. The van der Waals surface area contributed by atoms with Crippen LogP contribution >= 0.6 is 0 Å². The van der Waals surface area contributed by atoms with Crippen LogP contribution in [0.15, 0.2) is 18.2 Å². The lowest BCUT2D eigenvalue weighted by atomic mass is 10.1. The van der Waals surface area contributed by atoms with Crippen LogP contribution in [0, 0.1) is 0 Å². The Labute approximate surface area is 102 Å². The Kier molecular flexibility index (Phi) is 4.97. The Balaban J connectivity index is 2.84. The van der Waals surface area contributed by atoms with E-state index in [1.807, 2.05) is 19.0 Å². The van der Waals surface area contributed by atoms with Gasteiger partial charge in [0.25, 0.3) is 0 Å². The van der Waals surface area contributed by atoms with E-state index in [1.165, 1.54) is 0 Å². The molecule has 4 heteroatoms. The second kappa shape index (κ2) is 6.25. The van der Waals surface area contributed by atoms with Gasteiger partial charge in [-0.2, -0.15) is 0 Å². The second-order valence-electron chi connectivity index (χ2n) is 4.08. The Bertz CT molecular complexity index is 366. The first kappa shape index (κ1) is 13.5. The average molecular weight is 237 g/mol. The van der Waals surface area contributed by atoms with Crippen molar-refractivity contribution in [2.75, 3.05) is 34.9 Å². The minimum atomic E-state index is 0.0934. The number of Topliss-reactive ketones (excluding diaryl/α,β-unsaturated/α-hetero) is 1. The summed E-state index contributed by atoms with van der Waals surface area (Å²) in [5.41, 5.74) is 0.628. The second-order valence-corrected chi connectivity index (χ2v) is 4.08. The third kappa shape index (κ3) is 4.07. The topological polar surface area (TPSA) is 38.8 Å². The molecule has 0 aliphatic rings. The number of rotatable bonds is 6. The van der Waals surface area contributed by atoms with Gasteiger partial charge in [0, 0.05) is 24.6 Å². The number of hydrogen-bond donors (Lipinski definition) is 0. The number of carbonyl (C=O) groups is 1. The number of ether oxygens (including phenoxy) is 2. The molecule has 1 aromatic rings. The molecule has 1 aromatic carbocycles. The molecule has 94 valence electrons. The van der Waals surface area contributed by atoms with E-state index in [9.17, 15) is 4.79 Å². The summed E-state index contributed by atoms with van der Waals surface area (Å²) in [7, 11) is 7.03. The standard InChI is InChI=1S/C13H19NO3/c1-14(2)6-5-13(15)10-7-11(16-3)9-12(8-10)17-4/h7-9H,5-6H2,1-4H3. The van der Waals surface area contributed by atoms with Crippen LogP contribution in [-0.2, 0) is 0 Å². The van der Waals surface area contributed by atoms with Gasteiger partial charge < -0.3 is 14.4 Å². The van der Waals surface area contributed by atoms with Crippen LogP contribution in [0.25, 0.3) is 0 Å². The Hall–Kier alpha value is -1.55. The molecule has 0 saturated carbocycles. The van der Waals surface area contributed by atoms with Gasteiger partial charge in [-0.1, -0.05) is 0 Å². The van der Waals surface area contributed by atoms with Gasteiger partial charge in [0.05, 0.1) is 14.2 Å². The summed E-state index contributed by atoms with van der Waals surface area (Å²) < 4.78 is 10.3. The van der Waals surface area contributed by atoms with Crippen LogP contribution in [0.5, 0.6) is 11.5 Å². The first-order valence-corrected chi connectivity index (χ1v) is 5.48. The summed E-state index contributed by atoms with van der Waals surface area (Å²) in [6.07, 6.45) is 0.489. The molecule has 0 N–H and O–H groups in total. The van der Waals surface area contributed by atoms with E-state index in [2.05, 4.69) is 0 Å². The van der Waals surface area contributed by atoms with Crippen molar-refractivity contribution in [3.8, 4) is 11.5 Å². The Morgan fingerprint density at radius 2 is 1.65 bits per heavy atom. The lowest BCUT2D eigenvalue weighted by Crippen LogP contribution is -2.16. The molecule has 0 unspecified atom stereocenters. The van der Waals surface area contributed by atoms with Gasteiger partial charge in [0.1, 0.15) is 11.5 Å². The molecule has 0 spiro atoms. The van der Waals surface area contributed by atoms with Gasteiger partial charge in [0.15, 0.2) is 5.78 Å². The van der Waals surface area contributed by atoms with Crippen LogP contribution in [0.2, 0.25) is 0 Å². The molecule has 0 aliphatic heterocycles. The van der Waals surface area contributed by atoms with Crippen LogP contribution in [-0.4, -0.2) is 45.5 Å². The van der Waals surface area contributed by atoms with Crippen LogP contribution in [0.4, 0.5) is 0 Å². The number of benzene rings is 1. The van der Waals surface area contributed by atoms with Crippen LogP contribution in [0.1, 0.15) is 16.8 Å². The zero-order chi connectivity index (χ0) is 12.8. The molecular formula is C13H19NO3. The lowest BCUT2D eigenvalue weighted by Gasteiger charge is -2.10. The van der Waals surface area contributed by atoms with E-state index < -0.39 is 0 Å². The van der Waals surface area contributed by atoms with Crippen LogP contribution in [0.3, 0.4) is 0 Å². The van der Waals surface area contributed by atoms with Crippen molar-refractivity contribution in [1.29, 1.82) is 0 Å². The molecule has 1 rings (SSSR count). The Morgan fingerprint density at radius 3 is 2.06 bits per heavy atom. The highest BCUT2D eigenvalue weighted by molar-refractivity contribution is 5.97. The fraction of sp³-hybridized carbons (Fsp3) is 0.462. The van der Waals surface area contributed by atoms with Crippen molar-refractivity contribution < 1.29 is 14.3 Å². The molecule has 0 fully saturated rings. The van der Waals surface area contributed by atoms with Gasteiger partial charge >= 0.3 is 0 Å². The van der Waals surface area contributed by atoms with Crippen molar-refractivity contribution in [3.05, 3.63) is 23.8 Å². The van der Waals surface area contributed by atoms with E-state index in [-0.39, 0.29) is 5.78 Å². The van der Waals surface area contributed by atoms with E-state index in [4.69, 9.17) is 9.47 Å². The predicted octanol–water partition coefficient (Wildman–Crippen LogP) is 1.84. The summed E-state index contributed by atoms with van der Waals surface area (Å²) in [5.74, 6) is 1.37. The minimum absolute atomic E-state index is 0.0934. The maximum Gasteiger partial charge on any atom is 0.164 e. The molecule has 4 nitrogen and oxygen atoms in total. The van der Waals surface area contributed by atoms with Gasteiger partial charge in [-0.25, -0.2) is 0 Å². The van der Waals surface area contributed by atoms with Gasteiger partial charge in [0.2, 0.25) is 0 Å². The van der Waals surface area contributed by atoms with Crippen molar-refractivity contribution in [2.45, 2.75) is 6.42 Å². The lowest BCUT2D eigenvalue weighted by molar-refractivity contribution is 0.0972. The molecule has 0 aromatic heterocycles. The molecule has 0 amide bonds. The monoisotopic (exact) mass is 237 g/mol. The fourth-order valence-electron chi connectivity index (χ4n) is 1.44. The third-order valence-electron chi connectivity index (χ3n) is 2.46. The number of ketones is 1.